The highest BCUT2D eigenvalue weighted by molar-refractivity contribution is 5.78. The van der Waals surface area contributed by atoms with Gasteiger partial charge in [-0.3, -0.25) is 9.69 Å². The molecule has 2 aromatic rings. The Morgan fingerprint density at radius 3 is 2.61 bits per heavy atom. The zero-order chi connectivity index (χ0) is 19.8. The van der Waals surface area contributed by atoms with Gasteiger partial charge in [0.25, 0.3) is 0 Å². The standard InChI is InChI=1S/C22H29N3O3/c1-3-28-21-10-5-4-9-20(21)25-13-11-24(12-14-25)17-22(26)23-16-18-7-6-8-19(15-18)27-2/h4-10,15H,3,11-14,16-17H2,1-2H3,(H,23,26). The molecule has 6 nitrogen and oxygen atoms in total. The number of para-hydroxylation sites is 2. The predicted molar refractivity (Wildman–Crippen MR) is 111 cm³/mol. The van der Waals surface area contributed by atoms with Gasteiger partial charge in [-0.15, -0.1) is 0 Å². The van der Waals surface area contributed by atoms with E-state index < -0.39 is 0 Å². The van der Waals surface area contributed by atoms with Gasteiger partial charge in [-0.2, -0.15) is 0 Å². The molecule has 1 aliphatic heterocycles. The molecule has 0 spiro atoms. The number of carbonyl (C=O) groups excluding carboxylic acids is 1. The highest BCUT2D eigenvalue weighted by Crippen LogP contribution is 2.28. The minimum absolute atomic E-state index is 0.0472. The molecule has 0 radical (unpaired) electrons. The van der Waals surface area contributed by atoms with Crippen molar-refractivity contribution in [3.05, 3.63) is 54.1 Å². The summed E-state index contributed by atoms with van der Waals surface area (Å²) in [6, 6.07) is 15.9. The van der Waals surface area contributed by atoms with E-state index in [2.05, 4.69) is 21.2 Å². The van der Waals surface area contributed by atoms with Gasteiger partial charge in [0.15, 0.2) is 0 Å². The van der Waals surface area contributed by atoms with Gasteiger partial charge < -0.3 is 19.7 Å². The number of nitrogens with zero attached hydrogens (tertiary/aromatic N) is 2. The number of methoxy groups -OCH3 is 1. The SMILES string of the molecule is CCOc1ccccc1N1CCN(CC(=O)NCc2cccc(OC)c2)CC1. The normalized spacial score (nSPS) is 14.6. The van der Waals surface area contributed by atoms with Crippen molar-refractivity contribution in [2.24, 2.45) is 0 Å². The molecule has 1 fully saturated rings. The third-order valence-corrected chi connectivity index (χ3v) is 4.87. The van der Waals surface area contributed by atoms with Crippen LogP contribution < -0.4 is 19.7 Å². The number of rotatable bonds is 8. The van der Waals surface area contributed by atoms with Gasteiger partial charge in [-0.05, 0) is 36.8 Å². The van der Waals surface area contributed by atoms with Crippen LogP contribution in [-0.2, 0) is 11.3 Å². The van der Waals surface area contributed by atoms with Crippen LogP contribution in [0.5, 0.6) is 11.5 Å². The van der Waals surface area contributed by atoms with Crippen LogP contribution in [-0.4, -0.2) is 57.2 Å². The average Bonchev–Trinajstić information content (AvgIpc) is 2.74. The van der Waals surface area contributed by atoms with Crippen molar-refractivity contribution < 1.29 is 14.3 Å². The number of amides is 1. The number of piperazine rings is 1. The molecule has 1 N–H and O–H groups in total. The largest absolute Gasteiger partial charge is 0.497 e. The number of hydrogen-bond donors (Lipinski definition) is 1. The van der Waals surface area contributed by atoms with Gasteiger partial charge in [0.1, 0.15) is 11.5 Å². The van der Waals surface area contributed by atoms with Crippen molar-refractivity contribution in [3.8, 4) is 11.5 Å². The van der Waals surface area contributed by atoms with Crippen LogP contribution in [0.3, 0.4) is 0 Å². The van der Waals surface area contributed by atoms with Crippen molar-refractivity contribution in [2.75, 3.05) is 51.3 Å². The lowest BCUT2D eigenvalue weighted by Crippen LogP contribution is -2.49. The number of benzene rings is 2. The molecule has 1 heterocycles. The Hall–Kier alpha value is -2.73. The fourth-order valence-electron chi connectivity index (χ4n) is 3.38. The second kappa shape index (κ2) is 9.99. The lowest BCUT2D eigenvalue weighted by molar-refractivity contribution is -0.122. The van der Waals surface area contributed by atoms with Crippen molar-refractivity contribution in [1.82, 2.24) is 10.2 Å². The Labute approximate surface area is 167 Å². The molecular formula is C22H29N3O3. The zero-order valence-electron chi connectivity index (χ0n) is 16.7. The lowest BCUT2D eigenvalue weighted by Gasteiger charge is -2.36. The number of ether oxygens (including phenoxy) is 2. The topological polar surface area (TPSA) is 54.0 Å². The summed E-state index contributed by atoms with van der Waals surface area (Å²) >= 11 is 0. The maximum Gasteiger partial charge on any atom is 0.234 e. The summed E-state index contributed by atoms with van der Waals surface area (Å²) in [4.78, 5) is 16.8. The van der Waals surface area contributed by atoms with E-state index in [4.69, 9.17) is 9.47 Å². The van der Waals surface area contributed by atoms with Crippen molar-refractivity contribution in [2.45, 2.75) is 13.5 Å². The predicted octanol–water partition coefficient (Wildman–Crippen LogP) is 2.53. The maximum absolute atomic E-state index is 12.3. The van der Waals surface area contributed by atoms with Crippen LogP contribution >= 0.6 is 0 Å². The van der Waals surface area contributed by atoms with Crippen LogP contribution in [0.4, 0.5) is 5.69 Å². The summed E-state index contributed by atoms with van der Waals surface area (Å²) in [6.07, 6.45) is 0. The fraction of sp³-hybridized carbons (Fsp3) is 0.409. The fourth-order valence-corrected chi connectivity index (χ4v) is 3.38. The second-order valence-electron chi connectivity index (χ2n) is 6.79. The molecule has 150 valence electrons. The Kier molecular flexibility index (Phi) is 7.14. The molecule has 0 bridgehead atoms. The molecule has 3 rings (SSSR count). The summed E-state index contributed by atoms with van der Waals surface area (Å²) in [5, 5.41) is 3.00. The van der Waals surface area contributed by atoms with E-state index >= 15 is 0 Å². The molecule has 0 unspecified atom stereocenters. The smallest absolute Gasteiger partial charge is 0.234 e. The quantitative estimate of drug-likeness (QED) is 0.759. The van der Waals surface area contributed by atoms with E-state index in [1.165, 1.54) is 0 Å². The summed E-state index contributed by atoms with van der Waals surface area (Å²) in [5.74, 6) is 1.77. The third kappa shape index (κ3) is 5.39. The number of carbonyl (C=O) groups is 1. The molecular weight excluding hydrogens is 354 g/mol. The maximum atomic E-state index is 12.3. The molecule has 1 saturated heterocycles. The molecule has 0 aliphatic carbocycles. The molecule has 28 heavy (non-hydrogen) atoms. The van der Waals surface area contributed by atoms with Crippen LogP contribution in [0, 0.1) is 0 Å². The first-order valence-corrected chi connectivity index (χ1v) is 9.78. The second-order valence-corrected chi connectivity index (χ2v) is 6.79. The number of anilines is 1. The van der Waals surface area contributed by atoms with Gasteiger partial charge in [-0.1, -0.05) is 24.3 Å². The average molecular weight is 383 g/mol. The zero-order valence-corrected chi connectivity index (χ0v) is 16.7. The summed E-state index contributed by atoms with van der Waals surface area (Å²) in [5.41, 5.74) is 2.16. The molecule has 0 atom stereocenters. The van der Waals surface area contributed by atoms with Crippen LogP contribution in [0.25, 0.3) is 0 Å². The van der Waals surface area contributed by atoms with E-state index in [-0.39, 0.29) is 5.91 Å². The van der Waals surface area contributed by atoms with E-state index in [9.17, 15) is 4.79 Å². The summed E-state index contributed by atoms with van der Waals surface area (Å²) in [6.45, 7) is 7.06. The van der Waals surface area contributed by atoms with E-state index in [0.29, 0.717) is 19.7 Å². The summed E-state index contributed by atoms with van der Waals surface area (Å²) in [7, 11) is 1.64. The lowest BCUT2D eigenvalue weighted by atomic mass is 10.2. The Morgan fingerprint density at radius 1 is 1.07 bits per heavy atom. The molecule has 1 aliphatic rings. The van der Waals surface area contributed by atoms with Crippen LogP contribution in [0.1, 0.15) is 12.5 Å². The molecule has 6 heteroatoms. The third-order valence-electron chi connectivity index (χ3n) is 4.87. The Bertz CT molecular complexity index is 773. The Morgan fingerprint density at radius 2 is 1.86 bits per heavy atom. The summed E-state index contributed by atoms with van der Waals surface area (Å²) < 4.78 is 11.0. The van der Waals surface area contributed by atoms with Gasteiger partial charge in [0.2, 0.25) is 5.91 Å². The first-order valence-electron chi connectivity index (χ1n) is 9.78. The van der Waals surface area contributed by atoms with E-state index in [1.807, 2.05) is 49.4 Å². The minimum atomic E-state index is 0.0472. The minimum Gasteiger partial charge on any atom is -0.497 e. The van der Waals surface area contributed by atoms with Gasteiger partial charge >= 0.3 is 0 Å². The molecule has 0 aromatic heterocycles. The van der Waals surface area contributed by atoms with Crippen molar-refractivity contribution >= 4 is 11.6 Å². The highest BCUT2D eigenvalue weighted by atomic mass is 16.5. The highest BCUT2D eigenvalue weighted by Gasteiger charge is 2.21. The van der Waals surface area contributed by atoms with Gasteiger partial charge in [0, 0.05) is 32.7 Å². The van der Waals surface area contributed by atoms with E-state index in [0.717, 1.165) is 48.9 Å². The first-order chi connectivity index (χ1) is 13.7. The number of nitrogens with one attached hydrogen (secondary N) is 1. The van der Waals surface area contributed by atoms with Crippen LogP contribution in [0.15, 0.2) is 48.5 Å². The number of hydrogen-bond acceptors (Lipinski definition) is 5. The van der Waals surface area contributed by atoms with E-state index in [1.54, 1.807) is 7.11 Å². The molecule has 0 saturated carbocycles. The van der Waals surface area contributed by atoms with Crippen molar-refractivity contribution in [1.29, 1.82) is 0 Å². The molecule has 2 aromatic carbocycles. The Balaban J connectivity index is 1.45. The van der Waals surface area contributed by atoms with Crippen LogP contribution in [0.2, 0.25) is 0 Å². The molecule has 1 amide bonds. The van der Waals surface area contributed by atoms with Gasteiger partial charge in [-0.25, -0.2) is 0 Å². The van der Waals surface area contributed by atoms with Crippen molar-refractivity contribution in [3.63, 3.8) is 0 Å². The first kappa shape index (κ1) is 20.0. The monoisotopic (exact) mass is 383 g/mol. The van der Waals surface area contributed by atoms with Gasteiger partial charge in [0.05, 0.1) is 25.9 Å².